The minimum absolute atomic E-state index is 0.150. The fourth-order valence-corrected chi connectivity index (χ4v) is 0.913. The van der Waals surface area contributed by atoms with Crippen LogP contribution in [0, 0.1) is 0 Å². The zero-order valence-corrected chi connectivity index (χ0v) is 7.87. The molecule has 0 unspecified atom stereocenters. The first-order valence-electron chi connectivity index (χ1n) is 4.33. The number of hydrogen-bond acceptors (Lipinski definition) is 4. The van der Waals surface area contributed by atoms with Crippen molar-refractivity contribution >= 4 is 5.69 Å². The molecule has 84 valence electrons. The van der Waals surface area contributed by atoms with Crippen LogP contribution in [0.5, 0.6) is 0 Å². The number of anilines is 1. The molecule has 15 heavy (non-hydrogen) atoms. The minimum atomic E-state index is -2.45. The van der Waals surface area contributed by atoms with Gasteiger partial charge in [0.25, 0.3) is 12.0 Å². The molecule has 0 radical (unpaired) electrons. The van der Waals surface area contributed by atoms with E-state index in [2.05, 4.69) is 20.3 Å². The third-order valence-corrected chi connectivity index (χ3v) is 1.48. The van der Waals surface area contributed by atoms with Crippen LogP contribution < -0.4 is 10.9 Å². The number of nitrogens with zero attached hydrogens (tertiary/aromatic N) is 1. The summed E-state index contributed by atoms with van der Waals surface area (Å²) in [6, 6.07) is 1.32. The topological polar surface area (TPSA) is 67.0 Å². The van der Waals surface area contributed by atoms with Crippen LogP contribution in [0.4, 0.5) is 14.5 Å². The molecule has 2 N–H and O–H groups in total. The number of hydrogen-bond donors (Lipinski definition) is 2. The number of H-pyrrole nitrogens is 1. The SMILES string of the molecule is O=c1cc(NCCOCC(F)F)cn[nH]1. The molecule has 0 aliphatic heterocycles. The number of alkyl halides is 2. The number of aromatic amines is 1. The van der Waals surface area contributed by atoms with E-state index in [-0.39, 0.29) is 12.2 Å². The molecule has 0 saturated heterocycles. The van der Waals surface area contributed by atoms with Crippen LogP contribution in [-0.4, -0.2) is 36.4 Å². The third kappa shape index (κ3) is 5.06. The molecule has 0 aliphatic carbocycles. The van der Waals surface area contributed by atoms with E-state index in [1.807, 2.05) is 0 Å². The Labute approximate surface area is 84.5 Å². The van der Waals surface area contributed by atoms with E-state index >= 15 is 0 Å². The highest BCUT2D eigenvalue weighted by Crippen LogP contribution is 1.97. The lowest BCUT2D eigenvalue weighted by molar-refractivity contribution is 0.0215. The lowest BCUT2D eigenvalue weighted by Crippen LogP contribution is -2.15. The minimum Gasteiger partial charge on any atom is -0.381 e. The van der Waals surface area contributed by atoms with Gasteiger partial charge in [-0.25, -0.2) is 13.9 Å². The molecule has 0 amide bonds. The van der Waals surface area contributed by atoms with E-state index in [0.717, 1.165) is 0 Å². The van der Waals surface area contributed by atoms with Gasteiger partial charge in [-0.3, -0.25) is 4.79 Å². The maximum Gasteiger partial charge on any atom is 0.266 e. The average Bonchev–Trinajstić information content (AvgIpc) is 2.17. The summed E-state index contributed by atoms with van der Waals surface area (Å²) in [5, 5.41) is 8.57. The van der Waals surface area contributed by atoms with Gasteiger partial charge in [0, 0.05) is 12.6 Å². The molecule has 0 saturated carbocycles. The van der Waals surface area contributed by atoms with Gasteiger partial charge >= 0.3 is 0 Å². The van der Waals surface area contributed by atoms with Crippen LogP contribution in [0.1, 0.15) is 0 Å². The monoisotopic (exact) mass is 219 g/mol. The van der Waals surface area contributed by atoms with Crippen LogP contribution in [-0.2, 0) is 4.74 Å². The molecule has 0 bridgehead atoms. The summed E-state index contributed by atoms with van der Waals surface area (Å²) in [6.45, 7) is -0.0791. The highest BCUT2D eigenvalue weighted by atomic mass is 19.3. The van der Waals surface area contributed by atoms with Crippen LogP contribution in [0.3, 0.4) is 0 Å². The summed E-state index contributed by atoms with van der Waals surface area (Å²) in [4.78, 5) is 10.8. The van der Waals surface area contributed by atoms with Gasteiger partial charge in [0.2, 0.25) is 0 Å². The summed E-state index contributed by atoms with van der Waals surface area (Å²) < 4.78 is 27.9. The first-order chi connectivity index (χ1) is 7.18. The predicted octanol–water partition coefficient (Wildman–Crippen LogP) is 0.463. The number of ether oxygens (including phenoxy) is 1. The molecular formula is C8H11F2N3O2. The highest BCUT2D eigenvalue weighted by Gasteiger charge is 2.00. The molecule has 1 rings (SSSR count). The second-order valence-corrected chi connectivity index (χ2v) is 2.73. The maximum atomic E-state index is 11.6. The Hall–Kier alpha value is -1.50. The second kappa shape index (κ2) is 6.07. The molecule has 0 atom stereocenters. The number of rotatable bonds is 6. The van der Waals surface area contributed by atoms with E-state index in [1.54, 1.807) is 0 Å². The Kier molecular flexibility index (Phi) is 4.69. The van der Waals surface area contributed by atoms with Gasteiger partial charge in [0.05, 0.1) is 18.5 Å². The molecule has 1 aromatic heterocycles. The van der Waals surface area contributed by atoms with Crippen molar-refractivity contribution in [1.29, 1.82) is 0 Å². The molecule has 0 spiro atoms. The van der Waals surface area contributed by atoms with E-state index in [4.69, 9.17) is 0 Å². The van der Waals surface area contributed by atoms with Gasteiger partial charge in [-0.1, -0.05) is 0 Å². The lowest BCUT2D eigenvalue weighted by atomic mass is 10.4. The first-order valence-corrected chi connectivity index (χ1v) is 4.33. The molecule has 1 heterocycles. The molecule has 7 heteroatoms. The Bertz CT molecular complexity index is 343. The summed E-state index contributed by atoms with van der Waals surface area (Å²) in [5.74, 6) is 0. The maximum absolute atomic E-state index is 11.6. The number of aromatic nitrogens is 2. The molecule has 1 aromatic rings. The Morgan fingerprint density at radius 1 is 1.60 bits per heavy atom. The van der Waals surface area contributed by atoms with Crippen LogP contribution in [0.25, 0.3) is 0 Å². The molecule has 0 aromatic carbocycles. The predicted molar refractivity (Wildman–Crippen MR) is 50.2 cm³/mol. The van der Waals surface area contributed by atoms with Gasteiger partial charge in [0.1, 0.15) is 6.61 Å². The van der Waals surface area contributed by atoms with Gasteiger partial charge in [-0.05, 0) is 0 Å². The number of halogens is 2. The zero-order valence-electron chi connectivity index (χ0n) is 7.87. The van der Waals surface area contributed by atoms with E-state index < -0.39 is 13.0 Å². The fraction of sp³-hybridized carbons (Fsp3) is 0.500. The van der Waals surface area contributed by atoms with Crippen molar-refractivity contribution in [2.45, 2.75) is 6.43 Å². The molecule has 0 aliphatic rings. The normalized spacial score (nSPS) is 10.6. The van der Waals surface area contributed by atoms with Crippen LogP contribution >= 0.6 is 0 Å². The quantitative estimate of drug-likeness (QED) is 0.682. The largest absolute Gasteiger partial charge is 0.381 e. The Morgan fingerprint density at radius 3 is 3.07 bits per heavy atom. The Balaban J connectivity index is 2.18. The van der Waals surface area contributed by atoms with Gasteiger partial charge in [0.15, 0.2) is 0 Å². The van der Waals surface area contributed by atoms with Crippen molar-refractivity contribution in [3.05, 3.63) is 22.6 Å². The van der Waals surface area contributed by atoms with Crippen molar-refractivity contribution in [3.8, 4) is 0 Å². The van der Waals surface area contributed by atoms with Crippen molar-refractivity contribution in [2.75, 3.05) is 25.1 Å². The smallest absolute Gasteiger partial charge is 0.266 e. The van der Waals surface area contributed by atoms with Crippen LogP contribution in [0.15, 0.2) is 17.1 Å². The van der Waals surface area contributed by atoms with Crippen molar-refractivity contribution in [1.82, 2.24) is 10.2 Å². The van der Waals surface area contributed by atoms with Crippen molar-refractivity contribution < 1.29 is 13.5 Å². The molecular weight excluding hydrogens is 208 g/mol. The summed E-state index contributed by atoms with van der Waals surface area (Å²) >= 11 is 0. The van der Waals surface area contributed by atoms with E-state index in [0.29, 0.717) is 12.2 Å². The fourth-order valence-electron chi connectivity index (χ4n) is 0.913. The molecule has 0 fully saturated rings. The van der Waals surface area contributed by atoms with Gasteiger partial charge in [-0.15, -0.1) is 0 Å². The van der Waals surface area contributed by atoms with Crippen LogP contribution in [0.2, 0.25) is 0 Å². The summed E-state index contributed by atoms with van der Waals surface area (Å²) in [5.41, 5.74) is 0.202. The van der Waals surface area contributed by atoms with Crippen molar-refractivity contribution in [3.63, 3.8) is 0 Å². The second-order valence-electron chi connectivity index (χ2n) is 2.73. The third-order valence-electron chi connectivity index (χ3n) is 1.48. The standard InChI is InChI=1S/C8H11F2N3O2/c9-7(10)5-15-2-1-11-6-3-8(14)13-12-4-6/h3-4,7H,1-2,5H2,(H2,11,13,14). The summed E-state index contributed by atoms with van der Waals surface area (Å²) in [7, 11) is 0. The average molecular weight is 219 g/mol. The van der Waals surface area contributed by atoms with Gasteiger partial charge < -0.3 is 10.1 Å². The van der Waals surface area contributed by atoms with E-state index in [9.17, 15) is 13.6 Å². The van der Waals surface area contributed by atoms with E-state index in [1.165, 1.54) is 12.3 Å². The highest BCUT2D eigenvalue weighted by molar-refractivity contribution is 5.38. The first kappa shape index (κ1) is 11.6. The lowest BCUT2D eigenvalue weighted by Gasteiger charge is -2.05. The zero-order chi connectivity index (χ0) is 11.1. The number of nitrogens with one attached hydrogen (secondary N) is 2. The Morgan fingerprint density at radius 2 is 2.40 bits per heavy atom. The summed E-state index contributed by atoms with van der Waals surface area (Å²) in [6.07, 6.45) is -1.03. The molecule has 5 nitrogen and oxygen atoms in total. The van der Waals surface area contributed by atoms with Crippen molar-refractivity contribution in [2.24, 2.45) is 0 Å². The van der Waals surface area contributed by atoms with Gasteiger partial charge in [-0.2, -0.15) is 5.10 Å².